The molecule has 0 aliphatic heterocycles. The third kappa shape index (κ3) is 5.54. The summed E-state index contributed by atoms with van der Waals surface area (Å²) in [6.45, 7) is 13.4. The average molecular weight is 523 g/mol. The van der Waals surface area contributed by atoms with Crippen LogP contribution in [0.1, 0.15) is 61.1 Å². The lowest BCUT2D eigenvalue weighted by Gasteiger charge is -2.17. The maximum Gasteiger partial charge on any atom is -0.0149 e. The molecular formula is C40H42. The zero-order chi connectivity index (χ0) is 28.2. The fraction of sp³-hybridized carbons (Fsp3) is 0.250. The van der Waals surface area contributed by atoms with Crippen molar-refractivity contribution in [3.8, 4) is 44.5 Å². The van der Waals surface area contributed by atoms with E-state index in [2.05, 4.69) is 139 Å². The molecule has 0 aliphatic carbocycles. The summed E-state index contributed by atoms with van der Waals surface area (Å²) in [6, 6.07) is 36.9. The largest absolute Gasteiger partial charge is 0.0613 e. The van der Waals surface area contributed by atoms with E-state index in [4.69, 9.17) is 0 Å². The Labute approximate surface area is 241 Å². The van der Waals surface area contributed by atoms with Crippen LogP contribution in [-0.4, -0.2) is 0 Å². The highest BCUT2D eigenvalue weighted by Crippen LogP contribution is 2.35. The molecule has 0 saturated carbocycles. The van der Waals surface area contributed by atoms with Gasteiger partial charge in [-0.25, -0.2) is 0 Å². The fourth-order valence-electron chi connectivity index (χ4n) is 5.96. The summed E-state index contributed by atoms with van der Waals surface area (Å²) in [5.41, 5.74) is 18.9. The van der Waals surface area contributed by atoms with Crippen molar-refractivity contribution in [2.45, 2.75) is 67.2 Å². The van der Waals surface area contributed by atoms with E-state index in [9.17, 15) is 0 Å². The van der Waals surface area contributed by atoms with E-state index in [0.717, 1.165) is 25.7 Å². The molecule has 0 aliphatic rings. The van der Waals surface area contributed by atoms with E-state index in [1.807, 2.05) is 0 Å². The summed E-state index contributed by atoms with van der Waals surface area (Å²) in [5, 5.41) is 0. The minimum Gasteiger partial charge on any atom is -0.0613 e. The Hall–Kier alpha value is -3.90. The van der Waals surface area contributed by atoms with Crippen LogP contribution in [0, 0.1) is 13.8 Å². The van der Waals surface area contributed by atoms with Crippen molar-refractivity contribution >= 4 is 0 Å². The Morgan fingerprint density at radius 3 is 0.950 bits per heavy atom. The third-order valence-corrected chi connectivity index (χ3v) is 8.61. The minimum atomic E-state index is 1.01. The quantitative estimate of drug-likeness (QED) is 0.190. The molecular weight excluding hydrogens is 480 g/mol. The minimum absolute atomic E-state index is 1.01. The summed E-state index contributed by atoms with van der Waals surface area (Å²) < 4.78 is 0. The molecule has 40 heavy (non-hydrogen) atoms. The van der Waals surface area contributed by atoms with Gasteiger partial charge in [0, 0.05) is 0 Å². The molecule has 0 atom stereocenters. The van der Waals surface area contributed by atoms with Gasteiger partial charge < -0.3 is 0 Å². The highest BCUT2D eigenvalue weighted by atomic mass is 14.2. The number of aryl methyl sites for hydroxylation is 6. The SMILES string of the molecule is CCc1cc(-c2ccc(-c3cc(CC)c(-c4ccc(-c5ccc(C)c(CC)c5)cc4)cc3CC)cc2)ccc1C. The molecule has 0 amide bonds. The van der Waals surface area contributed by atoms with Gasteiger partial charge in [0.25, 0.3) is 0 Å². The van der Waals surface area contributed by atoms with E-state index >= 15 is 0 Å². The van der Waals surface area contributed by atoms with Gasteiger partial charge in [0.1, 0.15) is 0 Å². The standard InChI is InChI=1S/C40H42/c1-7-29-23-37(13-11-27(29)5)33-15-19-35(20-16-33)39-25-32(10-4)40(26-31(39)9-3)36-21-17-34(18-22-36)38-14-12-28(6)30(8-2)24-38/h11-26H,7-10H2,1-6H3. The first-order chi connectivity index (χ1) is 19.4. The Balaban J connectivity index is 1.47. The van der Waals surface area contributed by atoms with Crippen molar-refractivity contribution in [1.82, 2.24) is 0 Å². The molecule has 0 heterocycles. The Kier molecular flexibility index (Phi) is 8.36. The highest BCUT2D eigenvalue weighted by Gasteiger charge is 2.13. The summed E-state index contributed by atoms with van der Waals surface area (Å²) in [7, 11) is 0. The number of hydrogen-bond acceptors (Lipinski definition) is 0. The van der Waals surface area contributed by atoms with Crippen LogP contribution in [0.25, 0.3) is 44.5 Å². The second-order valence-corrected chi connectivity index (χ2v) is 11.0. The zero-order valence-corrected chi connectivity index (χ0v) is 25.1. The second-order valence-electron chi connectivity index (χ2n) is 11.0. The van der Waals surface area contributed by atoms with Crippen molar-refractivity contribution in [1.29, 1.82) is 0 Å². The van der Waals surface area contributed by atoms with E-state index in [1.165, 1.54) is 77.9 Å². The number of rotatable bonds is 8. The monoisotopic (exact) mass is 522 g/mol. The van der Waals surface area contributed by atoms with Gasteiger partial charge in [0.15, 0.2) is 0 Å². The summed E-state index contributed by atoms with van der Waals surface area (Å²) >= 11 is 0. The molecule has 0 saturated heterocycles. The average Bonchev–Trinajstić information content (AvgIpc) is 3.01. The smallest absolute Gasteiger partial charge is 0.0149 e. The molecule has 0 radical (unpaired) electrons. The van der Waals surface area contributed by atoms with Crippen molar-refractivity contribution in [2.75, 3.05) is 0 Å². The molecule has 0 aromatic heterocycles. The van der Waals surface area contributed by atoms with Crippen LogP contribution in [-0.2, 0) is 25.7 Å². The van der Waals surface area contributed by atoms with Crippen LogP contribution in [0.5, 0.6) is 0 Å². The van der Waals surface area contributed by atoms with Crippen molar-refractivity contribution in [2.24, 2.45) is 0 Å². The summed E-state index contributed by atoms with van der Waals surface area (Å²) in [6.07, 6.45) is 4.15. The zero-order valence-electron chi connectivity index (χ0n) is 25.1. The predicted octanol–water partition coefficient (Wildman–Crippen LogP) is 11.2. The van der Waals surface area contributed by atoms with Crippen LogP contribution in [0.3, 0.4) is 0 Å². The molecule has 5 rings (SSSR count). The van der Waals surface area contributed by atoms with Gasteiger partial charge in [0.2, 0.25) is 0 Å². The van der Waals surface area contributed by atoms with Crippen LogP contribution in [0.15, 0.2) is 97.1 Å². The first-order valence-corrected chi connectivity index (χ1v) is 15.0. The molecule has 0 N–H and O–H groups in total. The first kappa shape index (κ1) is 27.7. The van der Waals surface area contributed by atoms with Crippen molar-refractivity contribution < 1.29 is 0 Å². The lowest BCUT2D eigenvalue weighted by atomic mass is 9.88. The first-order valence-electron chi connectivity index (χ1n) is 15.0. The van der Waals surface area contributed by atoms with Crippen LogP contribution >= 0.6 is 0 Å². The maximum absolute atomic E-state index is 2.44. The Morgan fingerprint density at radius 2 is 0.625 bits per heavy atom. The van der Waals surface area contributed by atoms with Gasteiger partial charge in [-0.1, -0.05) is 125 Å². The number of benzene rings is 5. The lowest BCUT2D eigenvalue weighted by Crippen LogP contribution is -1.96. The Morgan fingerprint density at radius 1 is 0.325 bits per heavy atom. The van der Waals surface area contributed by atoms with Gasteiger partial charge in [0.05, 0.1) is 0 Å². The predicted molar refractivity (Wildman–Crippen MR) is 175 cm³/mol. The van der Waals surface area contributed by atoms with E-state index in [1.54, 1.807) is 0 Å². The normalized spacial score (nSPS) is 11.2. The lowest BCUT2D eigenvalue weighted by molar-refractivity contribution is 1.10. The van der Waals surface area contributed by atoms with Crippen LogP contribution in [0.2, 0.25) is 0 Å². The van der Waals surface area contributed by atoms with Gasteiger partial charge >= 0.3 is 0 Å². The van der Waals surface area contributed by atoms with Gasteiger partial charge in [-0.15, -0.1) is 0 Å². The molecule has 0 fully saturated rings. The summed E-state index contributed by atoms with van der Waals surface area (Å²) in [5.74, 6) is 0. The molecule has 0 spiro atoms. The van der Waals surface area contributed by atoms with Crippen LogP contribution in [0.4, 0.5) is 0 Å². The molecule has 0 bridgehead atoms. The molecule has 0 nitrogen and oxygen atoms in total. The van der Waals surface area contributed by atoms with E-state index < -0.39 is 0 Å². The van der Waals surface area contributed by atoms with Crippen molar-refractivity contribution in [3.63, 3.8) is 0 Å². The van der Waals surface area contributed by atoms with Crippen LogP contribution < -0.4 is 0 Å². The van der Waals surface area contributed by atoms with E-state index in [-0.39, 0.29) is 0 Å². The topological polar surface area (TPSA) is 0 Å². The molecule has 0 unspecified atom stereocenters. The molecule has 0 heteroatoms. The van der Waals surface area contributed by atoms with Gasteiger partial charge in [-0.3, -0.25) is 0 Å². The second kappa shape index (κ2) is 12.1. The van der Waals surface area contributed by atoms with Gasteiger partial charge in [-0.05, 0) is 117 Å². The highest BCUT2D eigenvalue weighted by molar-refractivity contribution is 5.79. The Bertz CT molecular complexity index is 1490. The molecule has 5 aromatic carbocycles. The molecule has 5 aromatic rings. The number of hydrogen-bond donors (Lipinski definition) is 0. The maximum atomic E-state index is 2.44. The van der Waals surface area contributed by atoms with Gasteiger partial charge in [-0.2, -0.15) is 0 Å². The summed E-state index contributed by atoms with van der Waals surface area (Å²) in [4.78, 5) is 0. The van der Waals surface area contributed by atoms with E-state index in [0.29, 0.717) is 0 Å². The van der Waals surface area contributed by atoms with Crippen molar-refractivity contribution in [3.05, 3.63) is 130 Å². The fourth-order valence-corrected chi connectivity index (χ4v) is 5.96. The molecule has 202 valence electrons. The third-order valence-electron chi connectivity index (χ3n) is 8.61.